The highest BCUT2D eigenvalue weighted by atomic mass is 32.2. The molecule has 0 unspecified atom stereocenters. The van der Waals surface area contributed by atoms with Crippen molar-refractivity contribution in [3.8, 4) is 22.9 Å². The van der Waals surface area contributed by atoms with Gasteiger partial charge in [-0.1, -0.05) is 50.2 Å². The van der Waals surface area contributed by atoms with Crippen LogP contribution in [0.2, 0.25) is 0 Å². The smallest absolute Gasteiger partial charge is 0.393 e. The largest absolute Gasteiger partial charge is 0.439 e. The molecule has 1 N–H and O–H groups in total. The first kappa shape index (κ1) is 32.4. The Bertz CT molecular complexity index is 1730. The van der Waals surface area contributed by atoms with E-state index in [2.05, 4.69) is 31.7 Å². The van der Waals surface area contributed by atoms with Crippen LogP contribution in [0.3, 0.4) is 0 Å². The highest BCUT2D eigenvalue weighted by molar-refractivity contribution is 7.92. The van der Waals surface area contributed by atoms with E-state index in [0.29, 0.717) is 17.9 Å². The Morgan fingerprint density at radius 2 is 1.71 bits per heavy atom. The number of hydrogen-bond acceptors (Lipinski definition) is 7. The summed E-state index contributed by atoms with van der Waals surface area (Å²) in [7, 11) is -0.564. The molecule has 9 nitrogen and oxygen atoms in total. The minimum Gasteiger partial charge on any atom is -0.439 e. The average molecular weight is 643 g/mol. The molecule has 0 bridgehead atoms. The number of anilines is 1. The van der Waals surface area contributed by atoms with Crippen molar-refractivity contribution in [3.63, 3.8) is 0 Å². The number of likely N-dealkylation sites (tertiary alicyclic amines) is 1. The van der Waals surface area contributed by atoms with Gasteiger partial charge in [-0.05, 0) is 74.5 Å². The Balaban J connectivity index is 1.61. The third-order valence-corrected chi connectivity index (χ3v) is 9.03. The van der Waals surface area contributed by atoms with Crippen LogP contribution in [-0.2, 0) is 29.9 Å². The molecule has 13 heteroatoms. The quantitative estimate of drug-likeness (QED) is 0.208. The van der Waals surface area contributed by atoms with Crippen LogP contribution >= 0.6 is 0 Å². The van der Waals surface area contributed by atoms with Crippen LogP contribution in [0.15, 0.2) is 65.8 Å². The highest BCUT2D eigenvalue weighted by Crippen LogP contribution is 2.39. The summed E-state index contributed by atoms with van der Waals surface area (Å²) in [6, 6.07) is 14.3. The molecule has 5 rings (SSSR count). The van der Waals surface area contributed by atoms with E-state index in [-0.39, 0.29) is 33.7 Å². The third kappa shape index (κ3) is 8.20. The zero-order valence-corrected chi connectivity index (χ0v) is 26.5. The summed E-state index contributed by atoms with van der Waals surface area (Å²) < 4.78 is 78.4. The molecule has 0 spiro atoms. The van der Waals surface area contributed by atoms with Crippen LogP contribution in [0.25, 0.3) is 11.3 Å². The van der Waals surface area contributed by atoms with Crippen molar-refractivity contribution in [1.82, 2.24) is 24.6 Å². The van der Waals surface area contributed by atoms with E-state index < -0.39 is 28.6 Å². The first-order chi connectivity index (χ1) is 21.3. The summed E-state index contributed by atoms with van der Waals surface area (Å²) in [5.74, 6) is 0.0509. The van der Waals surface area contributed by atoms with Gasteiger partial charge in [0, 0.05) is 18.8 Å². The van der Waals surface area contributed by atoms with E-state index in [1.54, 1.807) is 37.4 Å². The Hall–Kier alpha value is -3.97. The van der Waals surface area contributed by atoms with E-state index in [1.165, 1.54) is 10.9 Å². The minimum absolute atomic E-state index is 0.0552. The fourth-order valence-corrected chi connectivity index (χ4v) is 6.45. The standard InChI is InChI=1S/C32H37F3N6O3S/c1-21(2)17-24-7-5-6-8-27(24)29-28(18-32(33,34)35)30(38-31(37-29)39-45(42,43)26-19-36-41(4)20-26)44-25-11-9-22(10-12-25)23-13-15-40(3)16-14-23/h5-12,19-21,23H,13-18H2,1-4H3,(H,37,38,39). The Labute approximate surface area is 261 Å². The molecule has 2 aromatic carbocycles. The lowest BCUT2D eigenvalue weighted by Crippen LogP contribution is -2.29. The van der Waals surface area contributed by atoms with E-state index in [9.17, 15) is 21.6 Å². The van der Waals surface area contributed by atoms with Crippen LogP contribution in [0.1, 0.15) is 49.3 Å². The molecule has 0 aliphatic carbocycles. The second-order valence-electron chi connectivity index (χ2n) is 11.9. The van der Waals surface area contributed by atoms with Gasteiger partial charge in [0.05, 0.1) is 23.9 Å². The summed E-state index contributed by atoms with van der Waals surface area (Å²) >= 11 is 0. The van der Waals surface area contributed by atoms with E-state index in [0.717, 1.165) is 43.3 Å². The number of alkyl halides is 3. The molecule has 0 radical (unpaired) electrons. The van der Waals surface area contributed by atoms with Gasteiger partial charge in [-0.3, -0.25) is 4.68 Å². The van der Waals surface area contributed by atoms with Gasteiger partial charge in [-0.15, -0.1) is 0 Å². The molecule has 45 heavy (non-hydrogen) atoms. The molecule has 240 valence electrons. The monoisotopic (exact) mass is 642 g/mol. The van der Waals surface area contributed by atoms with Crippen molar-refractivity contribution >= 4 is 16.0 Å². The zero-order chi connectivity index (χ0) is 32.4. The lowest BCUT2D eigenvalue weighted by molar-refractivity contribution is -0.127. The Morgan fingerprint density at radius 3 is 2.33 bits per heavy atom. The Morgan fingerprint density at radius 1 is 1.02 bits per heavy atom. The highest BCUT2D eigenvalue weighted by Gasteiger charge is 2.34. The van der Waals surface area contributed by atoms with Gasteiger partial charge in [0.25, 0.3) is 10.0 Å². The van der Waals surface area contributed by atoms with Crippen molar-refractivity contribution in [1.29, 1.82) is 0 Å². The first-order valence-corrected chi connectivity index (χ1v) is 16.3. The molecule has 2 aromatic heterocycles. The predicted molar refractivity (Wildman–Crippen MR) is 166 cm³/mol. The van der Waals surface area contributed by atoms with Crippen molar-refractivity contribution in [2.45, 2.75) is 56.5 Å². The van der Waals surface area contributed by atoms with Crippen molar-refractivity contribution < 1.29 is 26.3 Å². The number of ether oxygens (including phenoxy) is 1. The topological polar surface area (TPSA) is 102 Å². The third-order valence-electron chi connectivity index (χ3n) is 7.75. The molecule has 3 heterocycles. The SMILES string of the molecule is CC(C)Cc1ccccc1-c1nc(NS(=O)(=O)c2cnn(C)c2)nc(Oc2ccc(C3CCN(C)CC3)cc2)c1CC(F)(F)F. The number of halogens is 3. The number of piperidine rings is 1. The summed E-state index contributed by atoms with van der Waals surface area (Å²) in [5.41, 5.74) is 1.99. The minimum atomic E-state index is -4.63. The molecule has 0 saturated carbocycles. The summed E-state index contributed by atoms with van der Waals surface area (Å²) in [5, 5.41) is 3.91. The fraction of sp³-hybridized carbons (Fsp3) is 0.406. The van der Waals surface area contributed by atoms with Crippen molar-refractivity contribution in [3.05, 3.63) is 77.6 Å². The molecule has 1 fully saturated rings. The number of nitrogens with zero attached hydrogens (tertiary/aromatic N) is 5. The second-order valence-corrected chi connectivity index (χ2v) is 13.6. The summed E-state index contributed by atoms with van der Waals surface area (Å²) in [4.78, 5) is 10.7. The molecule has 4 aromatic rings. The van der Waals surface area contributed by atoms with Gasteiger partial charge < -0.3 is 9.64 Å². The number of aryl methyl sites for hydroxylation is 1. The lowest BCUT2D eigenvalue weighted by Gasteiger charge is -2.29. The van der Waals surface area contributed by atoms with Gasteiger partial charge in [-0.25, -0.2) is 18.1 Å². The van der Waals surface area contributed by atoms with Gasteiger partial charge in [0.1, 0.15) is 10.6 Å². The van der Waals surface area contributed by atoms with Crippen LogP contribution in [0.4, 0.5) is 19.1 Å². The maximum absolute atomic E-state index is 14.1. The maximum atomic E-state index is 14.1. The Kier molecular flexibility index (Phi) is 9.49. The summed E-state index contributed by atoms with van der Waals surface area (Å²) in [6.07, 6.45) is -0.965. The molecule has 1 aliphatic heterocycles. The number of rotatable bonds is 10. The number of benzene rings is 2. The average Bonchev–Trinajstić information content (AvgIpc) is 3.42. The fourth-order valence-electron chi connectivity index (χ4n) is 5.52. The molecule has 0 atom stereocenters. The molecular formula is C32H37F3N6O3S. The van der Waals surface area contributed by atoms with E-state index in [4.69, 9.17) is 4.74 Å². The van der Waals surface area contributed by atoms with Crippen LogP contribution in [0.5, 0.6) is 11.6 Å². The van der Waals surface area contributed by atoms with Crippen LogP contribution < -0.4 is 9.46 Å². The molecule has 1 aliphatic rings. The predicted octanol–water partition coefficient (Wildman–Crippen LogP) is 6.58. The number of nitrogens with one attached hydrogen (secondary N) is 1. The second kappa shape index (κ2) is 13.2. The first-order valence-electron chi connectivity index (χ1n) is 14.8. The van der Waals surface area contributed by atoms with Gasteiger partial charge in [0.15, 0.2) is 0 Å². The lowest BCUT2D eigenvalue weighted by atomic mass is 9.90. The molecule has 1 saturated heterocycles. The van der Waals surface area contributed by atoms with Gasteiger partial charge >= 0.3 is 6.18 Å². The number of aromatic nitrogens is 4. The van der Waals surface area contributed by atoms with Crippen molar-refractivity contribution in [2.75, 3.05) is 24.9 Å². The number of sulfonamides is 1. The van der Waals surface area contributed by atoms with Crippen molar-refractivity contribution in [2.24, 2.45) is 13.0 Å². The van der Waals surface area contributed by atoms with Crippen LogP contribution in [-0.4, -0.2) is 59.4 Å². The molecular weight excluding hydrogens is 605 g/mol. The molecule has 0 amide bonds. The van der Waals surface area contributed by atoms with E-state index >= 15 is 0 Å². The van der Waals surface area contributed by atoms with Crippen LogP contribution in [0, 0.1) is 5.92 Å². The van der Waals surface area contributed by atoms with Gasteiger partial charge in [0.2, 0.25) is 11.8 Å². The van der Waals surface area contributed by atoms with E-state index in [1.807, 2.05) is 32.0 Å². The zero-order valence-electron chi connectivity index (χ0n) is 25.7. The summed E-state index contributed by atoms with van der Waals surface area (Å²) in [6.45, 7) is 5.99. The normalized spacial score (nSPS) is 15.0. The van der Waals surface area contributed by atoms with Gasteiger partial charge in [-0.2, -0.15) is 23.3 Å². The number of hydrogen-bond donors (Lipinski definition) is 1. The maximum Gasteiger partial charge on any atom is 0.393 e.